The van der Waals surface area contributed by atoms with Crippen LogP contribution in [0.2, 0.25) is 0 Å². The van der Waals surface area contributed by atoms with Crippen LogP contribution in [0.1, 0.15) is 24.6 Å². The van der Waals surface area contributed by atoms with Gasteiger partial charge in [-0.1, -0.05) is 0 Å². The van der Waals surface area contributed by atoms with Gasteiger partial charge < -0.3 is 15.1 Å². The van der Waals surface area contributed by atoms with Gasteiger partial charge in [0.1, 0.15) is 17.5 Å². The molecule has 2 aromatic rings. The number of nitrogens with zero attached hydrogens (tertiary/aromatic N) is 4. The lowest BCUT2D eigenvalue weighted by molar-refractivity contribution is 0.208. The highest BCUT2D eigenvalue weighted by Gasteiger charge is 2.26. The van der Waals surface area contributed by atoms with Crippen molar-refractivity contribution >= 4 is 17.4 Å². The number of halogens is 2. The largest absolute Gasteiger partial charge is 0.366 e. The number of carbonyl (C=O) groups excluding carboxylic acids is 1. The molecule has 0 unspecified atom stereocenters. The van der Waals surface area contributed by atoms with Gasteiger partial charge in [0.15, 0.2) is 0 Å². The smallest absolute Gasteiger partial charge is 0.322 e. The average Bonchev–Trinajstić information content (AvgIpc) is 3.50. The van der Waals surface area contributed by atoms with Gasteiger partial charge in [-0.2, -0.15) is 0 Å². The molecule has 2 aliphatic rings. The topological polar surface area (TPSA) is 61.4 Å². The van der Waals surface area contributed by atoms with E-state index in [1.54, 1.807) is 22.2 Å². The van der Waals surface area contributed by atoms with E-state index in [1.165, 1.54) is 6.07 Å². The summed E-state index contributed by atoms with van der Waals surface area (Å²) < 4.78 is 27.2. The lowest BCUT2D eigenvalue weighted by Crippen LogP contribution is -2.50. The lowest BCUT2D eigenvalue weighted by Gasteiger charge is -2.36. The fraction of sp³-hybridized carbons (Fsp3) is 0.389. The van der Waals surface area contributed by atoms with Crippen molar-refractivity contribution in [3.63, 3.8) is 0 Å². The zero-order chi connectivity index (χ0) is 18.1. The Bertz CT molecular complexity index is 802. The zero-order valence-corrected chi connectivity index (χ0v) is 14.2. The van der Waals surface area contributed by atoms with Crippen molar-refractivity contribution in [2.24, 2.45) is 0 Å². The van der Waals surface area contributed by atoms with Crippen LogP contribution in [0.5, 0.6) is 0 Å². The van der Waals surface area contributed by atoms with Crippen molar-refractivity contribution in [3.05, 3.63) is 48.1 Å². The van der Waals surface area contributed by atoms with E-state index >= 15 is 0 Å². The molecule has 0 atom stereocenters. The minimum Gasteiger partial charge on any atom is -0.366 e. The van der Waals surface area contributed by atoms with Gasteiger partial charge in [-0.25, -0.2) is 23.5 Å². The number of hydrogen-bond donors (Lipinski definition) is 1. The van der Waals surface area contributed by atoms with Gasteiger partial charge in [-0.3, -0.25) is 0 Å². The van der Waals surface area contributed by atoms with Crippen LogP contribution in [0.25, 0.3) is 0 Å². The van der Waals surface area contributed by atoms with Crippen molar-refractivity contribution < 1.29 is 13.6 Å². The van der Waals surface area contributed by atoms with E-state index in [0.29, 0.717) is 37.8 Å². The molecule has 1 aliphatic carbocycles. The second kappa shape index (κ2) is 6.86. The molecule has 6 nitrogen and oxygen atoms in total. The molecule has 0 radical (unpaired) electrons. The Morgan fingerprint density at radius 2 is 1.77 bits per heavy atom. The predicted molar refractivity (Wildman–Crippen MR) is 93.2 cm³/mol. The standard InChI is InChI=1S/C18H19F2N5O/c19-13-3-4-15(20)16(9-13)24-5-7-25(8-6-24)18(26)23-14-10-21-17(22-11-14)12-1-2-12/h3-4,9-12H,1-2,5-8H2,(H,23,26). The molecule has 1 saturated carbocycles. The minimum atomic E-state index is -0.476. The SMILES string of the molecule is O=C(Nc1cnc(C2CC2)nc1)N1CCN(c2cc(F)ccc2F)CC1. The molecule has 2 amide bonds. The first-order valence-corrected chi connectivity index (χ1v) is 8.68. The molecule has 8 heteroatoms. The van der Waals surface area contributed by atoms with Crippen molar-refractivity contribution in [1.82, 2.24) is 14.9 Å². The summed E-state index contributed by atoms with van der Waals surface area (Å²) in [5, 5.41) is 2.78. The monoisotopic (exact) mass is 359 g/mol. The summed E-state index contributed by atoms with van der Waals surface area (Å²) in [6, 6.07) is 3.16. The van der Waals surface area contributed by atoms with Crippen molar-refractivity contribution in [1.29, 1.82) is 0 Å². The van der Waals surface area contributed by atoms with Crippen LogP contribution < -0.4 is 10.2 Å². The van der Waals surface area contributed by atoms with Crippen LogP contribution in [-0.4, -0.2) is 47.1 Å². The van der Waals surface area contributed by atoms with Crippen molar-refractivity contribution in [2.45, 2.75) is 18.8 Å². The van der Waals surface area contributed by atoms with Crippen LogP contribution >= 0.6 is 0 Å². The number of urea groups is 1. The van der Waals surface area contributed by atoms with E-state index in [-0.39, 0.29) is 11.7 Å². The number of anilines is 2. The maximum absolute atomic E-state index is 13.9. The molecule has 1 N–H and O–H groups in total. The summed E-state index contributed by atoms with van der Waals surface area (Å²) in [5.74, 6) is 0.359. The number of aromatic nitrogens is 2. The van der Waals surface area contributed by atoms with E-state index in [1.807, 2.05) is 0 Å². The molecule has 2 fully saturated rings. The van der Waals surface area contributed by atoms with Crippen molar-refractivity contribution in [2.75, 3.05) is 36.4 Å². The molecule has 26 heavy (non-hydrogen) atoms. The first-order valence-electron chi connectivity index (χ1n) is 8.68. The molecule has 0 bridgehead atoms. The fourth-order valence-corrected chi connectivity index (χ4v) is 3.04. The van der Waals surface area contributed by atoms with Gasteiger partial charge in [0.25, 0.3) is 0 Å². The highest BCUT2D eigenvalue weighted by molar-refractivity contribution is 5.89. The maximum atomic E-state index is 13.9. The quantitative estimate of drug-likeness (QED) is 0.915. The Morgan fingerprint density at radius 1 is 1.08 bits per heavy atom. The van der Waals surface area contributed by atoms with Crippen LogP contribution in [-0.2, 0) is 0 Å². The number of nitrogens with one attached hydrogen (secondary N) is 1. The number of hydrogen-bond acceptors (Lipinski definition) is 4. The van der Waals surface area contributed by atoms with Gasteiger partial charge in [-0.15, -0.1) is 0 Å². The Kier molecular flexibility index (Phi) is 4.40. The summed E-state index contributed by atoms with van der Waals surface area (Å²) in [6.45, 7) is 1.71. The summed E-state index contributed by atoms with van der Waals surface area (Å²) in [7, 11) is 0. The molecule has 0 spiro atoms. The summed E-state index contributed by atoms with van der Waals surface area (Å²) in [4.78, 5) is 24.3. The average molecular weight is 359 g/mol. The summed E-state index contributed by atoms with van der Waals surface area (Å²) in [5.41, 5.74) is 0.784. The Morgan fingerprint density at radius 3 is 2.42 bits per heavy atom. The number of rotatable bonds is 3. The molecule has 4 rings (SSSR count). The van der Waals surface area contributed by atoms with E-state index < -0.39 is 11.6 Å². The van der Waals surface area contributed by atoms with E-state index in [4.69, 9.17) is 0 Å². The van der Waals surface area contributed by atoms with Gasteiger partial charge in [0, 0.05) is 38.2 Å². The first-order chi connectivity index (χ1) is 12.6. The first kappa shape index (κ1) is 16.7. The van der Waals surface area contributed by atoms with E-state index in [2.05, 4.69) is 15.3 Å². The van der Waals surface area contributed by atoms with Gasteiger partial charge >= 0.3 is 6.03 Å². The molecule has 1 aromatic carbocycles. The maximum Gasteiger partial charge on any atom is 0.322 e. The van der Waals surface area contributed by atoms with Gasteiger partial charge in [0.05, 0.1) is 23.8 Å². The Labute approximate surface area is 149 Å². The van der Waals surface area contributed by atoms with Crippen LogP contribution in [0, 0.1) is 11.6 Å². The molecule has 1 aliphatic heterocycles. The molecular formula is C18H19F2N5O. The summed E-state index contributed by atoms with van der Waals surface area (Å²) in [6.07, 6.45) is 5.50. The van der Waals surface area contributed by atoms with E-state index in [0.717, 1.165) is 30.8 Å². The van der Waals surface area contributed by atoms with Crippen LogP contribution in [0.4, 0.5) is 25.0 Å². The number of benzene rings is 1. The molecule has 2 heterocycles. The Balaban J connectivity index is 1.33. The molecular weight excluding hydrogens is 340 g/mol. The molecule has 136 valence electrons. The highest BCUT2D eigenvalue weighted by atomic mass is 19.1. The number of piperazine rings is 1. The lowest BCUT2D eigenvalue weighted by atomic mass is 10.2. The zero-order valence-electron chi connectivity index (χ0n) is 14.2. The van der Waals surface area contributed by atoms with Gasteiger partial charge in [-0.05, 0) is 25.0 Å². The third-order valence-electron chi connectivity index (χ3n) is 4.68. The number of amides is 2. The number of carbonyl (C=O) groups is 1. The predicted octanol–water partition coefficient (Wildman–Crippen LogP) is 2.99. The highest BCUT2D eigenvalue weighted by Crippen LogP contribution is 2.37. The normalized spacial score (nSPS) is 17.3. The third kappa shape index (κ3) is 3.58. The molecule has 1 aromatic heterocycles. The van der Waals surface area contributed by atoms with Crippen molar-refractivity contribution in [3.8, 4) is 0 Å². The van der Waals surface area contributed by atoms with Gasteiger partial charge in [0.2, 0.25) is 0 Å². The second-order valence-electron chi connectivity index (χ2n) is 6.60. The molecule has 1 saturated heterocycles. The van der Waals surface area contributed by atoms with Crippen LogP contribution in [0.3, 0.4) is 0 Å². The third-order valence-corrected chi connectivity index (χ3v) is 4.68. The second-order valence-corrected chi connectivity index (χ2v) is 6.60. The summed E-state index contributed by atoms with van der Waals surface area (Å²) >= 11 is 0. The minimum absolute atomic E-state index is 0.231. The van der Waals surface area contributed by atoms with E-state index in [9.17, 15) is 13.6 Å². The fourth-order valence-electron chi connectivity index (χ4n) is 3.04. The van der Waals surface area contributed by atoms with Crippen LogP contribution in [0.15, 0.2) is 30.6 Å². The Hall–Kier alpha value is -2.77.